The average Bonchev–Trinajstić information content (AvgIpc) is 2.63. The number of aliphatic hydroxyl groups is 1. The van der Waals surface area contributed by atoms with E-state index in [9.17, 15) is 26.3 Å². The van der Waals surface area contributed by atoms with Crippen molar-refractivity contribution in [2.75, 3.05) is 19.0 Å². The first-order valence-electron chi connectivity index (χ1n) is 7.46. The Labute approximate surface area is 171 Å². The molecule has 0 unspecified atom stereocenters. The summed E-state index contributed by atoms with van der Waals surface area (Å²) in [6.45, 7) is 3.00. The van der Waals surface area contributed by atoms with Crippen molar-refractivity contribution in [3.63, 3.8) is 0 Å². The third kappa shape index (κ3) is 5.35. The van der Waals surface area contributed by atoms with Crippen LogP contribution in [0.5, 0.6) is 0 Å². The fourth-order valence-corrected chi connectivity index (χ4v) is 2.03. The molecule has 28 heavy (non-hydrogen) atoms. The molecule has 0 amide bonds. The van der Waals surface area contributed by atoms with E-state index in [0.717, 1.165) is 18.3 Å². The molecular weight excluding hydrogens is 570 g/mol. The van der Waals surface area contributed by atoms with Gasteiger partial charge in [0.2, 0.25) is 0 Å². The molecule has 0 aliphatic heterocycles. The molecule has 159 valence electrons. The normalized spacial score (nSPS) is 18.9. The average molecular weight is 589 g/mol. The van der Waals surface area contributed by atoms with E-state index in [1.807, 2.05) is 0 Å². The molecule has 1 aliphatic rings. The van der Waals surface area contributed by atoms with Gasteiger partial charge in [-0.15, -0.1) is 5.57 Å². The summed E-state index contributed by atoms with van der Waals surface area (Å²) >= 11 is 0. The quantitative estimate of drug-likeness (QED) is 0.189. The van der Waals surface area contributed by atoms with Crippen LogP contribution < -0.4 is 4.90 Å². The van der Waals surface area contributed by atoms with Gasteiger partial charge >= 0.3 is 17.6 Å². The maximum Gasteiger partial charge on any atom is 0.360 e. The van der Waals surface area contributed by atoms with Crippen LogP contribution in [0.25, 0.3) is 5.57 Å². The molecule has 0 aromatic carbocycles. The van der Waals surface area contributed by atoms with Gasteiger partial charge in [-0.2, -0.15) is 23.6 Å². The molecule has 0 saturated heterocycles. The van der Waals surface area contributed by atoms with Crippen LogP contribution >= 0.6 is 0 Å². The second-order valence-electron chi connectivity index (χ2n) is 5.94. The molecule has 11 heteroatoms. The molecule has 0 bridgehead atoms. The summed E-state index contributed by atoms with van der Waals surface area (Å²) in [5, 5.41) is 8.40. The van der Waals surface area contributed by atoms with Crippen LogP contribution in [0.1, 0.15) is 19.5 Å². The first-order valence-corrected chi connectivity index (χ1v) is 7.46. The zero-order chi connectivity index (χ0) is 21.2. The molecular formula is C17H18F6IrN2O2. The molecule has 2 N–H and O–H groups in total. The van der Waals surface area contributed by atoms with Gasteiger partial charge in [-0.25, -0.2) is 8.78 Å². The number of carbonyl (C=O) groups excluding carboxylic acids is 1. The summed E-state index contributed by atoms with van der Waals surface area (Å²) in [4.78, 5) is 13.4. The van der Waals surface area contributed by atoms with Crippen LogP contribution in [-0.4, -0.2) is 52.5 Å². The Morgan fingerprint density at radius 1 is 1.18 bits per heavy atom. The molecule has 1 aromatic rings. The van der Waals surface area contributed by atoms with Gasteiger partial charge in [0.25, 0.3) is 5.92 Å². The third-order valence-corrected chi connectivity index (χ3v) is 3.32. The minimum atomic E-state index is -5.52. The van der Waals surface area contributed by atoms with Gasteiger partial charge in [-0.1, -0.05) is 11.8 Å². The van der Waals surface area contributed by atoms with Crippen molar-refractivity contribution in [3.8, 4) is 0 Å². The first kappa shape index (κ1) is 26.1. The van der Waals surface area contributed by atoms with Gasteiger partial charge in [0.1, 0.15) is 0 Å². The molecule has 2 rings (SSSR count). The summed E-state index contributed by atoms with van der Waals surface area (Å²) in [6.07, 6.45) is 3.25. The van der Waals surface area contributed by atoms with Crippen molar-refractivity contribution in [2.45, 2.75) is 31.6 Å². The number of aliphatic hydroxyl groups excluding tert-OH is 1. The van der Waals surface area contributed by atoms with E-state index in [1.54, 1.807) is 14.1 Å². The number of pyridine rings is 1. The van der Waals surface area contributed by atoms with Crippen molar-refractivity contribution >= 4 is 17.0 Å². The Morgan fingerprint density at radius 3 is 2.04 bits per heavy atom. The summed E-state index contributed by atoms with van der Waals surface area (Å²) in [5.41, 5.74) is -1.88. The summed E-state index contributed by atoms with van der Waals surface area (Å²) in [7, 11) is 3.15. The number of allylic oxidation sites excluding steroid dienone is 4. The van der Waals surface area contributed by atoms with E-state index in [2.05, 4.69) is 4.98 Å². The molecule has 0 fully saturated rings. The van der Waals surface area contributed by atoms with Gasteiger partial charge in [0.05, 0.1) is 18.8 Å². The van der Waals surface area contributed by atoms with Gasteiger partial charge in [-0.3, -0.25) is 4.79 Å². The topological polar surface area (TPSA) is 57.8 Å². The number of rotatable bonds is 3. The molecule has 1 aromatic heterocycles. The van der Waals surface area contributed by atoms with Crippen molar-refractivity contribution in [1.82, 2.24) is 4.98 Å². The molecule has 0 saturated carbocycles. The molecule has 0 spiro atoms. The summed E-state index contributed by atoms with van der Waals surface area (Å²) in [6, 6.07) is 2.45. The van der Waals surface area contributed by atoms with Crippen molar-refractivity contribution in [1.29, 1.82) is 0 Å². The van der Waals surface area contributed by atoms with Crippen LogP contribution in [0, 0.1) is 6.08 Å². The Bertz CT molecular complexity index is 775. The van der Waals surface area contributed by atoms with Gasteiger partial charge < -0.3 is 15.0 Å². The number of alkyl halides is 6. The third-order valence-electron chi connectivity index (χ3n) is 3.32. The maximum atomic E-state index is 13.5. The number of ketones is 1. The molecule has 1 radical (unpaired) electrons. The van der Waals surface area contributed by atoms with Gasteiger partial charge in [0.15, 0.2) is 0 Å². The van der Waals surface area contributed by atoms with E-state index in [4.69, 9.17) is 9.90 Å². The molecule has 4 nitrogen and oxygen atoms in total. The first-order chi connectivity index (χ1) is 12.1. The SMILES string of the molecule is CC(=[OH+])/C=C(/C)O.CN(C)c1ccnc(C2=[C-]C(F)(F)C(F)(F)C2(F)F)c1.[Ir]. The predicted octanol–water partition coefficient (Wildman–Crippen LogP) is 4.26. The monoisotopic (exact) mass is 589 g/mol. The van der Waals surface area contributed by atoms with Gasteiger partial charge in [-0.05, 0) is 13.0 Å². The van der Waals surface area contributed by atoms with E-state index in [1.165, 1.54) is 30.9 Å². The second kappa shape index (κ2) is 9.09. The number of aromatic nitrogens is 1. The molecule has 1 heterocycles. The summed E-state index contributed by atoms with van der Waals surface area (Å²) in [5.74, 6) is -15.3. The van der Waals surface area contributed by atoms with Crippen LogP contribution in [-0.2, 0) is 20.1 Å². The van der Waals surface area contributed by atoms with E-state index in [-0.39, 0.29) is 31.6 Å². The Kier molecular flexibility index (Phi) is 8.48. The predicted molar refractivity (Wildman–Crippen MR) is 89.1 cm³/mol. The number of halogens is 6. The van der Waals surface area contributed by atoms with E-state index < -0.39 is 29.0 Å². The van der Waals surface area contributed by atoms with Crippen LogP contribution in [0.15, 0.2) is 30.2 Å². The molecule has 1 aliphatic carbocycles. The number of anilines is 1. The fraction of sp³-hybridized carbons (Fsp3) is 0.412. The fourth-order valence-electron chi connectivity index (χ4n) is 2.03. The second-order valence-corrected chi connectivity index (χ2v) is 5.94. The minimum absolute atomic E-state index is 0. The zero-order valence-electron chi connectivity index (χ0n) is 15.2. The molecule has 0 atom stereocenters. The smallest absolute Gasteiger partial charge is 0.360 e. The van der Waals surface area contributed by atoms with Crippen molar-refractivity contribution < 1.29 is 56.3 Å². The summed E-state index contributed by atoms with van der Waals surface area (Å²) < 4.78 is 79.2. The Hall–Kier alpha value is -1.87. The zero-order valence-corrected chi connectivity index (χ0v) is 17.6. The van der Waals surface area contributed by atoms with E-state index in [0.29, 0.717) is 5.69 Å². The van der Waals surface area contributed by atoms with Gasteiger partial charge in [0, 0.05) is 46.1 Å². The Balaban J connectivity index is 0.000000786. The van der Waals surface area contributed by atoms with Crippen LogP contribution in [0.2, 0.25) is 0 Å². The maximum absolute atomic E-state index is 13.5. The Morgan fingerprint density at radius 2 is 1.71 bits per heavy atom. The number of nitrogens with zero attached hydrogens (tertiary/aromatic N) is 2. The van der Waals surface area contributed by atoms with Crippen molar-refractivity contribution in [3.05, 3.63) is 41.9 Å². The minimum Gasteiger partial charge on any atom is -0.512 e. The standard InChI is InChI=1S/C12H9F6N2.C5H8O2.Ir/c1-20(2)7-3-4-19-9(5-7)8-6-10(13,14)12(17,18)11(8,15)16;1-4(6)3-5(2)7;/h3-5H,1-2H3;3,6H,1-2H3;/q-1;;/p+1/b;4-3-;. The largest absolute Gasteiger partial charge is 0.512 e. The number of hydrogen-bond donors (Lipinski definition) is 1. The van der Waals surface area contributed by atoms with Crippen LogP contribution in [0.4, 0.5) is 32.0 Å². The van der Waals surface area contributed by atoms with E-state index >= 15 is 0 Å². The number of hydrogen-bond acceptors (Lipinski definition) is 3. The van der Waals surface area contributed by atoms with Crippen LogP contribution in [0.3, 0.4) is 0 Å². The van der Waals surface area contributed by atoms with Crippen molar-refractivity contribution in [2.24, 2.45) is 0 Å².